The Morgan fingerprint density at radius 1 is 0.655 bits per heavy atom. The SMILES string of the molecule is O=C(Oc1cc2ccccc2c2ccsc12)c1cc2ccccc2c2ccsc12. The quantitative estimate of drug-likeness (QED) is 0.216. The van der Waals surface area contributed by atoms with Crippen molar-refractivity contribution in [3.05, 3.63) is 89.1 Å². The Hall–Kier alpha value is -3.21. The zero-order valence-corrected chi connectivity index (χ0v) is 16.8. The van der Waals surface area contributed by atoms with Crippen LogP contribution in [0.2, 0.25) is 0 Å². The first kappa shape index (κ1) is 16.7. The van der Waals surface area contributed by atoms with E-state index in [1.54, 1.807) is 22.7 Å². The van der Waals surface area contributed by atoms with Gasteiger partial charge in [0.05, 0.1) is 10.3 Å². The molecular formula is C25H14O2S2. The van der Waals surface area contributed by atoms with E-state index in [0.717, 1.165) is 36.3 Å². The van der Waals surface area contributed by atoms with Gasteiger partial charge < -0.3 is 4.74 Å². The van der Waals surface area contributed by atoms with Crippen LogP contribution in [0.1, 0.15) is 10.4 Å². The molecule has 0 unspecified atom stereocenters. The van der Waals surface area contributed by atoms with Gasteiger partial charge in [0, 0.05) is 15.5 Å². The average Bonchev–Trinajstić information content (AvgIpc) is 3.43. The van der Waals surface area contributed by atoms with Crippen LogP contribution in [0.4, 0.5) is 0 Å². The Labute approximate surface area is 174 Å². The first-order valence-corrected chi connectivity index (χ1v) is 11.1. The topological polar surface area (TPSA) is 26.3 Å². The molecule has 0 aliphatic heterocycles. The lowest BCUT2D eigenvalue weighted by molar-refractivity contribution is 0.0740. The van der Waals surface area contributed by atoms with Crippen LogP contribution in [-0.4, -0.2) is 5.97 Å². The maximum atomic E-state index is 13.3. The Balaban J connectivity index is 1.52. The highest BCUT2D eigenvalue weighted by Gasteiger charge is 2.18. The zero-order valence-electron chi connectivity index (χ0n) is 15.2. The standard InChI is InChI=1S/C25H14O2S2/c26-25(21-13-15-5-1-3-7-17(15)19-9-11-28-23(19)21)27-22-14-16-6-2-4-8-18(16)20-10-12-29-24(20)22/h1-14H. The van der Waals surface area contributed by atoms with Crippen LogP contribution in [-0.2, 0) is 0 Å². The Kier molecular flexibility index (Phi) is 3.69. The molecule has 0 saturated heterocycles. The predicted molar refractivity (Wildman–Crippen MR) is 124 cm³/mol. The van der Waals surface area contributed by atoms with E-state index < -0.39 is 0 Å². The number of benzene rings is 4. The van der Waals surface area contributed by atoms with E-state index in [0.29, 0.717) is 11.3 Å². The molecule has 0 aliphatic rings. The number of hydrogen-bond acceptors (Lipinski definition) is 4. The van der Waals surface area contributed by atoms with Crippen molar-refractivity contribution in [1.29, 1.82) is 0 Å². The van der Waals surface area contributed by atoms with Crippen molar-refractivity contribution in [1.82, 2.24) is 0 Å². The van der Waals surface area contributed by atoms with Crippen molar-refractivity contribution in [2.24, 2.45) is 0 Å². The Morgan fingerprint density at radius 2 is 1.24 bits per heavy atom. The zero-order chi connectivity index (χ0) is 19.4. The summed E-state index contributed by atoms with van der Waals surface area (Å²) in [6, 6.07) is 24.4. The maximum absolute atomic E-state index is 13.3. The number of fused-ring (bicyclic) bond motifs is 6. The molecule has 0 atom stereocenters. The molecule has 2 heterocycles. The fourth-order valence-corrected chi connectivity index (χ4v) is 5.76. The number of carbonyl (C=O) groups is 1. The summed E-state index contributed by atoms with van der Waals surface area (Å²) >= 11 is 3.18. The van der Waals surface area contributed by atoms with Gasteiger partial charge in [-0.25, -0.2) is 4.79 Å². The summed E-state index contributed by atoms with van der Waals surface area (Å²) in [6.07, 6.45) is 0. The van der Waals surface area contributed by atoms with Gasteiger partial charge >= 0.3 is 5.97 Å². The number of carbonyl (C=O) groups excluding carboxylic acids is 1. The summed E-state index contributed by atoms with van der Waals surface area (Å²) < 4.78 is 7.95. The van der Waals surface area contributed by atoms with Crippen molar-refractivity contribution in [2.45, 2.75) is 0 Å². The highest BCUT2D eigenvalue weighted by atomic mass is 32.1. The second-order valence-electron chi connectivity index (χ2n) is 6.96. The number of ether oxygens (including phenoxy) is 1. The fraction of sp³-hybridized carbons (Fsp3) is 0. The van der Waals surface area contributed by atoms with E-state index in [4.69, 9.17) is 4.74 Å². The van der Waals surface area contributed by atoms with Gasteiger partial charge in [0.1, 0.15) is 5.75 Å². The van der Waals surface area contributed by atoms with E-state index in [9.17, 15) is 4.79 Å². The summed E-state index contributed by atoms with van der Waals surface area (Å²) in [7, 11) is 0. The molecule has 0 N–H and O–H groups in total. The molecule has 4 aromatic carbocycles. The monoisotopic (exact) mass is 410 g/mol. The first-order chi connectivity index (χ1) is 14.3. The summed E-state index contributed by atoms with van der Waals surface area (Å²) in [5, 5.41) is 10.7. The molecular weight excluding hydrogens is 396 g/mol. The Bertz CT molecular complexity index is 1560. The molecule has 29 heavy (non-hydrogen) atoms. The smallest absolute Gasteiger partial charge is 0.345 e. The minimum Gasteiger partial charge on any atom is -0.421 e. The van der Waals surface area contributed by atoms with Crippen LogP contribution < -0.4 is 4.74 Å². The molecule has 6 aromatic rings. The lowest BCUT2D eigenvalue weighted by atomic mass is 10.0. The van der Waals surface area contributed by atoms with E-state index in [1.807, 2.05) is 53.2 Å². The molecule has 0 saturated carbocycles. The van der Waals surface area contributed by atoms with Gasteiger partial charge in [-0.3, -0.25) is 0 Å². The third-order valence-corrected chi connectivity index (χ3v) is 7.19. The van der Waals surface area contributed by atoms with Crippen LogP contribution in [0.5, 0.6) is 5.75 Å². The van der Waals surface area contributed by atoms with Gasteiger partial charge in [-0.15, -0.1) is 22.7 Å². The van der Waals surface area contributed by atoms with Crippen LogP contribution in [0.3, 0.4) is 0 Å². The first-order valence-electron chi connectivity index (χ1n) is 9.30. The number of rotatable bonds is 2. The maximum Gasteiger partial charge on any atom is 0.345 e. The third kappa shape index (κ3) is 2.57. The predicted octanol–water partition coefficient (Wildman–Crippen LogP) is 7.64. The summed E-state index contributed by atoms with van der Waals surface area (Å²) in [4.78, 5) is 13.3. The molecule has 2 aromatic heterocycles. The van der Waals surface area contributed by atoms with Gasteiger partial charge in [-0.2, -0.15) is 0 Å². The van der Waals surface area contributed by atoms with Crippen molar-refractivity contribution >= 4 is 70.4 Å². The van der Waals surface area contributed by atoms with Crippen LogP contribution in [0, 0.1) is 0 Å². The molecule has 138 valence electrons. The minimum atomic E-state index is -0.312. The number of esters is 1. The molecule has 0 radical (unpaired) electrons. The molecule has 0 amide bonds. The van der Waals surface area contributed by atoms with Crippen LogP contribution in [0.15, 0.2) is 83.6 Å². The van der Waals surface area contributed by atoms with Crippen LogP contribution >= 0.6 is 22.7 Å². The van der Waals surface area contributed by atoms with E-state index in [-0.39, 0.29) is 5.97 Å². The molecule has 0 fully saturated rings. The molecule has 0 spiro atoms. The van der Waals surface area contributed by atoms with Crippen molar-refractivity contribution < 1.29 is 9.53 Å². The fourth-order valence-electron chi connectivity index (χ4n) is 3.99. The molecule has 0 aliphatic carbocycles. The summed E-state index contributed by atoms with van der Waals surface area (Å²) in [5.41, 5.74) is 0.617. The lowest BCUT2D eigenvalue weighted by Gasteiger charge is -2.10. The largest absolute Gasteiger partial charge is 0.421 e. The third-order valence-electron chi connectivity index (χ3n) is 5.31. The minimum absolute atomic E-state index is 0.312. The second-order valence-corrected chi connectivity index (χ2v) is 8.79. The highest BCUT2D eigenvalue weighted by Crippen LogP contribution is 2.38. The molecule has 0 bridgehead atoms. The number of hydrogen-bond donors (Lipinski definition) is 0. The van der Waals surface area contributed by atoms with E-state index in [1.165, 1.54) is 5.39 Å². The lowest BCUT2D eigenvalue weighted by Crippen LogP contribution is -2.09. The van der Waals surface area contributed by atoms with Gasteiger partial charge in [0.2, 0.25) is 0 Å². The van der Waals surface area contributed by atoms with Crippen LogP contribution in [0.25, 0.3) is 41.7 Å². The molecule has 4 heteroatoms. The van der Waals surface area contributed by atoms with Crippen molar-refractivity contribution in [3.63, 3.8) is 0 Å². The normalized spacial score (nSPS) is 11.6. The molecule has 6 rings (SSSR count). The van der Waals surface area contributed by atoms with Gasteiger partial charge in [0.15, 0.2) is 0 Å². The van der Waals surface area contributed by atoms with E-state index >= 15 is 0 Å². The van der Waals surface area contributed by atoms with Gasteiger partial charge in [-0.1, -0.05) is 48.5 Å². The van der Waals surface area contributed by atoms with Crippen molar-refractivity contribution in [2.75, 3.05) is 0 Å². The van der Waals surface area contributed by atoms with Crippen molar-refractivity contribution in [3.8, 4) is 5.75 Å². The van der Waals surface area contributed by atoms with Gasteiger partial charge in [-0.05, 0) is 56.6 Å². The highest BCUT2D eigenvalue weighted by molar-refractivity contribution is 7.18. The summed E-state index contributed by atoms with van der Waals surface area (Å²) in [6.45, 7) is 0. The average molecular weight is 411 g/mol. The van der Waals surface area contributed by atoms with Gasteiger partial charge in [0.25, 0.3) is 0 Å². The van der Waals surface area contributed by atoms with E-state index in [2.05, 4.69) is 30.3 Å². The Morgan fingerprint density at radius 3 is 1.97 bits per heavy atom. The second kappa shape index (κ2) is 6.41. The molecule has 2 nitrogen and oxygen atoms in total. The number of thiophene rings is 2. The summed E-state index contributed by atoms with van der Waals surface area (Å²) in [5.74, 6) is 0.310.